The van der Waals surface area contributed by atoms with Crippen LogP contribution >= 0.6 is 0 Å². The molecule has 0 aliphatic heterocycles. The summed E-state index contributed by atoms with van der Waals surface area (Å²) in [5.74, 6) is -68.7. The first kappa shape index (κ1) is 31.6. The largest absolute Gasteiger partial charge is 0.438 e. The summed E-state index contributed by atoms with van der Waals surface area (Å²) in [6.07, 6.45) is 0. The van der Waals surface area contributed by atoms with Gasteiger partial charge in [-0.2, -0.15) is 87.4 Å². The Labute approximate surface area is 167 Å². The molecule has 0 aliphatic carbocycles. The zero-order valence-corrected chi connectivity index (χ0v) is 14.9. The molecule has 0 aliphatic rings. The number of halogens is 19. The second-order valence-corrected chi connectivity index (χ2v) is 7.31. The van der Waals surface area contributed by atoms with Crippen LogP contribution in [0.1, 0.15) is 0 Å². The summed E-state index contributed by atoms with van der Waals surface area (Å²) < 4.78 is 274. The number of rotatable bonds is 10. The molecule has 0 amide bonds. The molecule has 0 aromatic carbocycles. The molecular formula is C10H3F19O3S. The van der Waals surface area contributed by atoms with Crippen molar-refractivity contribution in [2.24, 2.45) is 0 Å². The van der Waals surface area contributed by atoms with Crippen molar-refractivity contribution in [1.82, 2.24) is 0 Å². The lowest BCUT2D eigenvalue weighted by atomic mass is 9.87. The lowest BCUT2D eigenvalue weighted by molar-refractivity contribution is -0.459. The zero-order chi connectivity index (χ0) is 27.7. The minimum absolute atomic E-state index is 4.09. The first-order valence-corrected chi connectivity index (χ1v) is 8.18. The Kier molecular flexibility index (Phi) is 7.21. The highest BCUT2D eigenvalue weighted by Gasteiger charge is 2.97. The predicted molar refractivity (Wildman–Crippen MR) is 62.0 cm³/mol. The molecule has 0 atom stereocenters. The second kappa shape index (κ2) is 7.54. The maximum absolute atomic E-state index is 13.3. The van der Waals surface area contributed by atoms with E-state index in [9.17, 15) is 91.8 Å². The van der Waals surface area contributed by atoms with Crippen LogP contribution in [0.15, 0.2) is 0 Å². The van der Waals surface area contributed by atoms with Gasteiger partial charge >= 0.3 is 62.8 Å². The summed E-state index contributed by atoms with van der Waals surface area (Å²) in [6.45, 7) is -4.09. The summed E-state index contributed by atoms with van der Waals surface area (Å²) in [5.41, 5.74) is 0. The highest BCUT2D eigenvalue weighted by atomic mass is 32.2. The molecule has 0 spiro atoms. The molecular weight excluding hydrogens is 561 g/mol. The van der Waals surface area contributed by atoms with Crippen LogP contribution in [-0.4, -0.2) is 72.3 Å². The van der Waals surface area contributed by atoms with E-state index in [2.05, 4.69) is 0 Å². The molecule has 0 aromatic heterocycles. The fourth-order valence-electron chi connectivity index (χ4n) is 1.64. The fraction of sp³-hybridized carbons (Fsp3) is 1.00. The van der Waals surface area contributed by atoms with E-state index < -0.39 is 69.4 Å². The molecule has 0 fully saturated rings. The Morgan fingerprint density at radius 1 is 0.455 bits per heavy atom. The fourth-order valence-corrected chi connectivity index (χ4v) is 2.10. The van der Waals surface area contributed by atoms with Crippen molar-refractivity contribution in [3.8, 4) is 0 Å². The summed E-state index contributed by atoms with van der Waals surface area (Å²) in [7, 11) is -8.00. The Hall–Kier alpha value is -1.42. The highest BCUT2D eigenvalue weighted by molar-refractivity contribution is 7.87. The lowest BCUT2D eigenvalue weighted by Gasteiger charge is -2.43. The minimum atomic E-state index is -9.11. The summed E-state index contributed by atoms with van der Waals surface area (Å²) >= 11 is 0. The quantitative estimate of drug-likeness (QED) is 0.281. The molecule has 0 aromatic rings. The van der Waals surface area contributed by atoms with E-state index in [4.69, 9.17) is 4.55 Å². The van der Waals surface area contributed by atoms with E-state index in [1.165, 1.54) is 0 Å². The van der Waals surface area contributed by atoms with E-state index in [0.717, 1.165) is 0 Å². The van der Waals surface area contributed by atoms with Crippen molar-refractivity contribution in [3.63, 3.8) is 0 Å². The molecule has 23 heteroatoms. The number of hydrogen-bond acceptors (Lipinski definition) is 2. The smallest absolute Gasteiger partial charge is 0.281 e. The van der Waals surface area contributed by atoms with Gasteiger partial charge in [0.25, 0.3) is 0 Å². The van der Waals surface area contributed by atoms with Gasteiger partial charge in [-0.1, -0.05) is 0 Å². The second-order valence-electron chi connectivity index (χ2n) is 5.85. The van der Waals surface area contributed by atoms with E-state index in [1.807, 2.05) is 0 Å². The normalized spacial score (nSPS) is 16.8. The lowest BCUT2D eigenvalue weighted by Crippen LogP contribution is -2.76. The highest BCUT2D eigenvalue weighted by Crippen LogP contribution is 2.65. The van der Waals surface area contributed by atoms with Crippen LogP contribution in [-0.2, 0) is 10.1 Å². The summed E-state index contributed by atoms with van der Waals surface area (Å²) in [4.78, 5) is 0. The molecule has 3 nitrogen and oxygen atoms in total. The third-order valence-electron chi connectivity index (χ3n) is 3.68. The first-order chi connectivity index (χ1) is 13.8. The average Bonchev–Trinajstić information content (AvgIpc) is 2.59. The van der Waals surface area contributed by atoms with Gasteiger partial charge in [-0.25, -0.2) is 4.39 Å². The van der Waals surface area contributed by atoms with Gasteiger partial charge in [-0.05, 0) is 0 Å². The van der Waals surface area contributed by atoms with Crippen LogP contribution in [0.3, 0.4) is 0 Å². The van der Waals surface area contributed by atoms with Crippen LogP contribution in [0.4, 0.5) is 83.4 Å². The van der Waals surface area contributed by atoms with Crippen molar-refractivity contribution in [3.05, 3.63) is 0 Å². The van der Waals surface area contributed by atoms with E-state index >= 15 is 0 Å². The molecule has 0 heterocycles. The van der Waals surface area contributed by atoms with Crippen molar-refractivity contribution in [2.75, 3.05) is 6.67 Å². The summed E-state index contributed by atoms with van der Waals surface area (Å²) in [5, 5.41) is -7.95. The molecule has 0 unspecified atom stereocenters. The third-order valence-corrected chi connectivity index (χ3v) is 4.59. The minimum Gasteiger partial charge on any atom is -0.281 e. The van der Waals surface area contributed by atoms with Crippen LogP contribution in [0.5, 0.6) is 0 Å². The van der Waals surface area contributed by atoms with Crippen LogP contribution in [0, 0.1) is 0 Å². The van der Waals surface area contributed by atoms with Crippen LogP contribution in [0.25, 0.3) is 0 Å². The van der Waals surface area contributed by atoms with Gasteiger partial charge in [-0.15, -0.1) is 0 Å². The standard InChI is InChI=1S/C10H3F19O3S/c11-1-2(12,13)3(14,15)4(16,17)5(18,19)6(20,21)7(22,23)8(24,25)9(26,27)10(28,29)33(30,31)32/h1H2,(H,30,31,32). The molecule has 0 rings (SSSR count). The number of hydrogen-bond donors (Lipinski definition) is 1. The number of alkyl halides is 19. The SMILES string of the molecule is O=S(=O)(O)C(F)(F)C(F)(F)C(F)(F)C(F)(F)C(F)(F)C(F)(F)C(F)(F)C(F)(F)C(F)(F)CF. The average molecular weight is 564 g/mol. The van der Waals surface area contributed by atoms with E-state index in [0.29, 0.717) is 0 Å². The van der Waals surface area contributed by atoms with Gasteiger partial charge in [0.2, 0.25) is 0 Å². The monoisotopic (exact) mass is 564 g/mol. The van der Waals surface area contributed by atoms with Crippen LogP contribution in [0.2, 0.25) is 0 Å². The Balaban J connectivity index is 7.09. The van der Waals surface area contributed by atoms with Gasteiger partial charge in [-0.3, -0.25) is 4.55 Å². The predicted octanol–water partition coefficient (Wildman–Crippen LogP) is 5.52. The Bertz CT molecular complexity index is 844. The molecule has 200 valence electrons. The summed E-state index contributed by atoms with van der Waals surface area (Å²) in [6, 6.07) is 0. The van der Waals surface area contributed by atoms with Crippen LogP contribution < -0.4 is 0 Å². The van der Waals surface area contributed by atoms with Crippen molar-refractivity contribution < 1.29 is 96.4 Å². The molecule has 33 heavy (non-hydrogen) atoms. The first-order valence-electron chi connectivity index (χ1n) is 6.74. The van der Waals surface area contributed by atoms with Gasteiger partial charge in [0.1, 0.15) is 0 Å². The molecule has 0 radical (unpaired) electrons. The topological polar surface area (TPSA) is 54.4 Å². The van der Waals surface area contributed by atoms with Gasteiger partial charge in [0, 0.05) is 0 Å². The molecule has 1 N–H and O–H groups in total. The van der Waals surface area contributed by atoms with E-state index in [1.54, 1.807) is 0 Å². The zero-order valence-electron chi connectivity index (χ0n) is 14.1. The maximum atomic E-state index is 13.3. The Morgan fingerprint density at radius 2 is 0.667 bits per heavy atom. The van der Waals surface area contributed by atoms with Gasteiger partial charge in [0.05, 0.1) is 0 Å². The van der Waals surface area contributed by atoms with Gasteiger partial charge in [0.15, 0.2) is 6.67 Å². The molecule has 0 bridgehead atoms. The van der Waals surface area contributed by atoms with E-state index in [-0.39, 0.29) is 0 Å². The Morgan fingerprint density at radius 3 is 0.879 bits per heavy atom. The molecule has 0 saturated carbocycles. The van der Waals surface area contributed by atoms with Crippen molar-refractivity contribution in [2.45, 2.75) is 52.6 Å². The third kappa shape index (κ3) is 3.66. The van der Waals surface area contributed by atoms with Crippen molar-refractivity contribution in [1.29, 1.82) is 0 Å². The van der Waals surface area contributed by atoms with Crippen molar-refractivity contribution >= 4 is 10.1 Å². The molecule has 0 saturated heterocycles. The maximum Gasteiger partial charge on any atom is 0.438 e. The van der Waals surface area contributed by atoms with Gasteiger partial charge < -0.3 is 0 Å².